The number of benzene rings is 2. The molecule has 7 nitrogen and oxygen atoms in total. The zero-order chi connectivity index (χ0) is 22.5. The van der Waals surface area contributed by atoms with E-state index in [1.54, 1.807) is 47.0 Å². The molecule has 0 atom stereocenters. The number of nitrogens with one attached hydrogen (secondary N) is 2. The number of rotatable bonds is 7. The first-order valence-electron chi connectivity index (χ1n) is 10.1. The highest BCUT2D eigenvalue weighted by molar-refractivity contribution is 6.31. The summed E-state index contributed by atoms with van der Waals surface area (Å²) in [5.74, 6) is -0.116. The Morgan fingerprint density at radius 2 is 1.71 bits per heavy atom. The molecule has 0 aliphatic rings. The van der Waals surface area contributed by atoms with Crippen molar-refractivity contribution in [3.05, 3.63) is 63.5 Å². The van der Waals surface area contributed by atoms with Gasteiger partial charge in [-0.05, 0) is 48.4 Å². The Morgan fingerprint density at radius 3 is 2.32 bits per heavy atom. The van der Waals surface area contributed by atoms with Crippen molar-refractivity contribution in [2.24, 2.45) is 5.92 Å². The Hall–Kier alpha value is -3.19. The standard InChI is InChI=1S/C23H25ClN4O3/c1-14(2)13-28-21-10-4-16(24)12-20(21)27-19(23(28)31)9-11-22(30)26-18-7-5-17(6-8-18)25-15(3)29/h4-8,10,12,14H,9,11,13H2,1-3H3,(H,25,29)(H,26,30). The maximum absolute atomic E-state index is 13.0. The molecule has 0 spiro atoms. The van der Waals surface area contributed by atoms with Gasteiger partial charge in [0.25, 0.3) is 5.56 Å². The first kappa shape index (κ1) is 22.5. The van der Waals surface area contributed by atoms with E-state index in [2.05, 4.69) is 15.6 Å². The van der Waals surface area contributed by atoms with Crippen molar-refractivity contribution in [2.75, 3.05) is 10.6 Å². The van der Waals surface area contributed by atoms with Gasteiger partial charge in [0, 0.05) is 42.7 Å². The fourth-order valence-corrected chi connectivity index (χ4v) is 3.44. The van der Waals surface area contributed by atoms with Gasteiger partial charge in [0.05, 0.1) is 11.0 Å². The van der Waals surface area contributed by atoms with E-state index in [9.17, 15) is 14.4 Å². The molecule has 8 heteroatoms. The Morgan fingerprint density at radius 1 is 1.06 bits per heavy atom. The van der Waals surface area contributed by atoms with Crippen molar-refractivity contribution in [3.8, 4) is 0 Å². The fraction of sp³-hybridized carbons (Fsp3) is 0.304. The van der Waals surface area contributed by atoms with E-state index in [1.165, 1.54) is 6.92 Å². The highest BCUT2D eigenvalue weighted by Crippen LogP contribution is 2.18. The second-order valence-corrected chi connectivity index (χ2v) is 8.24. The van der Waals surface area contributed by atoms with Crippen LogP contribution < -0.4 is 16.2 Å². The molecular weight excluding hydrogens is 416 g/mol. The van der Waals surface area contributed by atoms with Gasteiger partial charge in [-0.2, -0.15) is 0 Å². The first-order valence-corrected chi connectivity index (χ1v) is 10.5. The number of nitrogens with zero attached hydrogens (tertiary/aromatic N) is 2. The van der Waals surface area contributed by atoms with Crippen LogP contribution in [0.25, 0.3) is 11.0 Å². The van der Waals surface area contributed by atoms with Gasteiger partial charge in [-0.25, -0.2) is 4.98 Å². The molecule has 162 valence electrons. The fourth-order valence-electron chi connectivity index (χ4n) is 3.28. The molecule has 0 aliphatic carbocycles. The molecule has 1 aromatic heterocycles. The number of amides is 2. The summed E-state index contributed by atoms with van der Waals surface area (Å²) in [6.45, 7) is 6.07. The number of halogens is 1. The zero-order valence-corrected chi connectivity index (χ0v) is 18.5. The molecule has 1 heterocycles. The van der Waals surface area contributed by atoms with E-state index in [0.717, 1.165) is 5.52 Å². The molecule has 31 heavy (non-hydrogen) atoms. The third kappa shape index (κ3) is 5.92. The Kier molecular flexibility index (Phi) is 7.07. The maximum atomic E-state index is 13.0. The summed E-state index contributed by atoms with van der Waals surface area (Å²) in [5.41, 5.74) is 2.78. The highest BCUT2D eigenvalue weighted by atomic mass is 35.5. The number of hydrogen-bond donors (Lipinski definition) is 2. The van der Waals surface area contributed by atoms with Crippen molar-refractivity contribution in [3.63, 3.8) is 0 Å². The van der Waals surface area contributed by atoms with E-state index < -0.39 is 0 Å². The molecule has 0 fully saturated rings. The lowest BCUT2D eigenvalue weighted by Gasteiger charge is -2.14. The van der Waals surface area contributed by atoms with Crippen LogP contribution in [-0.4, -0.2) is 21.4 Å². The average Bonchev–Trinajstić information content (AvgIpc) is 2.69. The molecule has 2 amide bonds. The summed E-state index contributed by atoms with van der Waals surface area (Å²) >= 11 is 6.11. The van der Waals surface area contributed by atoms with Crippen LogP contribution in [0.15, 0.2) is 47.3 Å². The van der Waals surface area contributed by atoms with E-state index in [4.69, 9.17) is 11.6 Å². The number of aryl methyl sites for hydroxylation is 1. The van der Waals surface area contributed by atoms with E-state index >= 15 is 0 Å². The molecule has 0 radical (unpaired) electrons. The second-order valence-electron chi connectivity index (χ2n) is 7.81. The van der Waals surface area contributed by atoms with Gasteiger partial charge in [0.2, 0.25) is 11.8 Å². The molecule has 0 bridgehead atoms. The maximum Gasteiger partial charge on any atom is 0.272 e. The molecule has 0 saturated heterocycles. The Balaban J connectivity index is 1.75. The van der Waals surface area contributed by atoms with Crippen molar-refractivity contribution in [2.45, 2.75) is 40.2 Å². The monoisotopic (exact) mass is 440 g/mol. The minimum Gasteiger partial charge on any atom is -0.326 e. The van der Waals surface area contributed by atoms with Crippen LogP contribution >= 0.6 is 11.6 Å². The van der Waals surface area contributed by atoms with Crippen molar-refractivity contribution >= 4 is 45.8 Å². The van der Waals surface area contributed by atoms with Crippen LogP contribution in [0.1, 0.15) is 32.9 Å². The lowest BCUT2D eigenvalue weighted by molar-refractivity contribution is -0.116. The highest BCUT2D eigenvalue weighted by Gasteiger charge is 2.14. The van der Waals surface area contributed by atoms with E-state index in [0.29, 0.717) is 34.2 Å². The molecule has 0 aliphatic heterocycles. The summed E-state index contributed by atoms with van der Waals surface area (Å²) in [6, 6.07) is 12.1. The second kappa shape index (κ2) is 9.75. The minimum absolute atomic E-state index is 0.115. The van der Waals surface area contributed by atoms with Gasteiger partial charge >= 0.3 is 0 Å². The molecule has 2 N–H and O–H groups in total. The van der Waals surface area contributed by atoms with Crippen LogP contribution in [0.5, 0.6) is 0 Å². The largest absolute Gasteiger partial charge is 0.326 e. The average molecular weight is 441 g/mol. The number of aromatic nitrogens is 2. The van der Waals surface area contributed by atoms with Gasteiger partial charge in [0.1, 0.15) is 5.69 Å². The van der Waals surface area contributed by atoms with Gasteiger partial charge in [-0.15, -0.1) is 0 Å². The summed E-state index contributed by atoms with van der Waals surface area (Å²) in [6.07, 6.45) is 0.332. The summed E-state index contributed by atoms with van der Waals surface area (Å²) < 4.78 is 1.71. The normalized spacial score (nSPS) is 11.0. The molecular formula is C23H25ClN4O3. The topological polar surface area (TPSA) is 93.1 Å². The minimum atomic E-state index is -0.227. The summed E-state index contributed by atoms with van der Waals surface area (Å²) in [4.78, 5) is 41.0. The van der Waals surface area contributed by atoms with Crippen LogP contribution in [0.3, 0.4) is 0 Å². The van der Waals surface area contributed by atoms with Crippen LogP contribution in [-0.2, 0) is 22.6 Å². The lowest BCUT2D eigenvalue weighted by atomic mass is 10.1. The van der Waals surface area contributed by atoms with Gasteiger partial charge < -0.3 is 15.2 Å². The van der Waals surface area contributed by atoms with Crippen molar-refractivity contribution in [1.82, 2.24) is 9.55 Å². The van der Waals surface area contributed by atoms with Gasteiger partial charge in [-0.3, -0.25) is 14.4 Å². The quantitative estimate of drug-likeness (QED) is 0.574. The predicted molar refractivity (Wildman–Crippen MR) is 124 cm³/mol. The number of hydrogen-bond acceptors (Lipinski definition) is 4. The lowest BCUT2D eigenvalue weighted by Crippen LogP contribution is -2.28. The SMILES string of the molecule is CC(=O)Nc1ccc(NC(=O)CCc2nc3cc(Cl)ccc3n(CC(C)C)c2=O)cc1. The number of fused-ring (bicyclic) bond motifs is 1. The van der Waals surface area contributed by atoms with Gasteiger partial charge in [0.15, 0.2) is 0 Å². The number of carbonyl (C=O) groups is 2. The summed E-state index contributed by atoms with van der Waals surface area (Å²) in [5, 5.41) is 6.01. The zero-order valence-electron chi connectivity index (χ0n) is 17.7. The van der Waals surface area contributed by atoms with Crippen LogP contribution in [0.4, 0.5) is 11.4 Å². The van der Waals surface area contributed by atoms with Gasteiger partial charge in [-0.1, -0.05) is 25.4 Å². The van der Waals surface area contributed by atoms with Crippen molar-refractivity contribution in [1.29, 1.82) is 0 Å². The van der Waals surface area contributed by atoms with E-state index in [-0.39, 0.29) is 36.1 Å². The number of anilines is 2. The summed E-state index contributed by atoms with van der Waals surface area (Å²) in [7, 11) is 0. The van der Waals surface area contributed by atoms with Crippen LogP contribution in [0, 0.1) is 5.92 Å². The van der Waals surface area contributed by atoms with Crippen LogP contribution in [0.2, 0.25) is 5.02 Å². The van der Waals surface area contributed by atoms with Crippen molar-refractivity contribution < 1.29 is 9.59 Å². The molecule has 2 aromatic carbocycles. The Labute approximate surface area is 185 Å². The van der Waals surface area contributed by atoms with E-state index in [1.807, 2.05) is 13.8 Å². The number of carbonyl (C=O) groups excluding carboxylic acids is 2. The predicted octanol–water partition coefficient (Wildman–Crippen LogP) is 4.24. The Bertz CT molecular complexity index is 1170. The molecule has 3 aromatic rings. The smallest absolute Gasteiger partial charge is 0.272 e. The third-order valence-electron chi connectivity index (χ3n) is 4.60. The third-order valence-corrected chi connectivity index (χ3v) is 4.84. The molecule has 0 unspecified atom stereocenters. The molecule has 3 rings (SSSR count). The molecule has 0 saturated carbocycles. The first-order chi connectivity index (χ1) is 14.7.